The van der Waals surface area contributed by atoms with E-state index in [4.69, 9.17) is 4.74 Å². The number of hydrogen-bond acceptors (Lipinski definition) is 3. The molecule has 2 saturated carbocycles. The van der Waals surface area contributed by atoms with E-state index in [0.717, 1.165) is 24.0 Å². The van der Waals surface area contributed by atoms with Crippen LogP contribution in [0.2, 0.25) is 0 Å². The molecule has 3 nitrogen and oxygen atoms in total. The Labute approximate surface area is 132 Å². The van der Waals surface area contributed by atoms with Crippen LogP contribution in [0.5, 0.6) is 0 Å². The van der Waals surface area contributed by atoms with E-state index in [-0.39, 0.29) is 11.8 Å². The number of carbonyl (C=O) groups is 2. The molecule has 0 bridgehead atoms. The number of Topliss-reactive ketones (excluding diaryl/α,β-unsaturated/α-hetero) is 1. The summed E-state index contributed by atoms with van der Waals surface area (Å²) in [6.07, 6.45) is 5.81. The summed E-state index contributed by atoms with van der Waals surface area (Å²) >= 11 is 0. The number of benzene rings is 1. The highest BCUT2D eigenvalue weighted by molar-refractivity contribution is 6.10. The first-order valence-electron chi connectivity index (χ1n) is 8.27. The van der Waals surface area contributed by atoms with Crippen LogP contribution >= 0.6 is 0 Å². The summed E-state index contributed by atoms with van der Waals surface area (Å²) in [6, 6.07) is 7.79. The first kappa shape index (κ1) is 15.3. The van der Waals surface area contributed by atoms with Crippen LogP contribution in [0.3, 0.4) is 0 Å². The molecule has 0 heterocycles. The van der Waals surface area contributed by atoms with Gasteiger partial charge in [-0.2, -0.15) is 0 Å². The Kier molecular flexibility index (Phi) is 4.07. The van der Waals surface area contributed by atoms with E-state index in [1.807, 2.05) is 31.2 Å². The molecule has 0 radical (unpaired) electrons. The van der Waals surface area contributed by atoms with Crippen LogP contribution < -0.4 is 0 Å². The molecule has 0 amide bonds. The van der Waals surface area contributed by atoms with Gasteiger partial charge in [-0.1, -0.05) is 49.1 Å². The Bertz CT molecular complexity index is 575. The van der Waals surface area contributed by atoms with Crippen LogP contribution in [0.1, 0.15) is 49.7 Å². The monoisotopic (exact) mass is 300 g/mol. The molecule has 1 aromatic carbocycles. The standard InChI is InChI=1S/C19H24O3/c1-13-7-9-16(10-8-13)19(18(21)22-2)12-15-6-4-3-5-14(15)11-17(19)20/h7-10,14-15H,3-6,11-12H2,1-2H3/t14-,15-,19-/m1/s1. The first-order valence-corrected chi connectivity index (χ1v) is 8.27. The molecule has 0 saturated heterocycles. The number of carbonyl (C=O) groups excluding carboxylic acids is 2. The van der Waals surface area contributed by atoms with E-state index in [9.17, 15) is 9.59 Å². The Balaban J connectivity index is 2.03. The molecule has 2 fully saturated rings. The van der Waals surface area contributed by atoms with E-state index in [2.05, 4.69) is 0 Å². The minimum Gasteiger partial charge on any atom is -0.468 e. The highest BCUT2D eigenvalue weighted by atomic mass is 16.5. The van der Waals surface area contributed by atoms with Crippen molar-refractivity contribution >= 4 is 11.8 Å². The maximum absolute atomic E-state index is 13.0. The summed E-state index contributed by atoms with van der Waals surface area (Å²) in [5, 5.41) is 0. The van der Waals surface area contributed by atoms with Crippen molar-refractivity contribution in [3.05, 3.63) is 35.4 Å². The van der Waals surface area contributed by atoms with Crippen molar-refractivity contribution in [2.45, 2.75) is 50.9 Å². The fourth-order valence-electron chi connectivity index (χ4n) is 4.35. The second kappa shape index (κ2) is 5.86. The summed E-state index contributed by atoms with van der Waals surface area (Å²) in [5.41, 5.74) is 0.850. The van der Waals surface area contributed by atoms with Crippen molar-refractivity contribution in [3.63, 3.8) is 0 Å². The molecule has 0 unspecified atom stereocenters. The third kappa shape index (κ3) is 2.37. The highest BCUT2D eigenvalue weighted by Crippen LogP contribution is 2.48. The smallest absolute Gasteiger partial charge is 0.323 e. The fourth-order valence-corrected chi connectivity index (χ4v) is 4.35. The van der Waals surface area contributed by atoms with Crippen LogP contribution in [0, 0.1) is 18.8 Å². The fraction of sp³-hybridized carbons (Fsp3) is 0.579. The van der Waals surface area contributed by atoms with Crippen LogP contribution in [0.4, 0.5) is 0 Å². The molecular weight excluding hydrogens is 276 g/mol. The summed E-state index contributed by atoms with van der Waals surface area (Å²) < 4.78 is 5.07. The topological polar surface area (TPSA) is 43.4 Å². The number of aryl methyl sites for hydroxylation is 1. The maximum Gasteiger partial charge on any atom is 0.323 e. The molecule has 0 aromatic heterocycles. The van der Waals surface area contributed by atoms with Gasteiger partial charge in [0.25, 0.3) is 0 Å². The number of ether oxygens (including phenoxy) is 1. The van der Waals surface area contributed by atoms with Gasteiger partial charge in [0, 0.05) is 6.42 Å². The summed E-state index contributed by atoms with van der Waals surface area (Å²) in [4.78, 5) is 25.6. The number of methoxy groups -OCH3 is 1. The largest absolute Gasteiger partial charge is 0.468 e. The lowest BCUT2D eigenvalue weighted by atomic mass is 9.58. The second-order valence-corrected chi connectivity index (χ2v) is 6.90. The lowest BCUT2D eigenvalue weighted by Gasteiger charge is -2.44. The number of fused-ring (bicyclic) bond motifs is 1. The number of rotatable bonds is 2. The van der Waals surface area contributed by atoms with Crippen molar-refractivity contribution in [3.8, 4) is 0 Å². The van der Waals surface area contributed by atoms with Gasteiger partial charge >= 0.3 is 5.97 Å². The third-order valence-corrected chi connectivity index (χ3v) is 5.64. The Morgan fingerprint density at radius 3 is 2.41 bits per heavy atom. The molecule has 118 valence electrons. The zero-order valence-electron chi connectivity index (χ0n) is 13.4. The molecule has 0 N–H and O–H groups in total. The van der Waals surface area contributed by atoms with Gasteiger partial charge < -0.3 is 4.74 Å². The van der Waals surface area contributed by atoms with Gasteiger partial charge in [0.1, 0.15) is 0 Å². The van der Waals surface area contributed by atoms with Gasteiger partial charge in [0.15, 0.2) is 11.2 Å². The average Bonchev–Trinajstić information content (AvgIpc) is 2.54. The molecule has 3 atom stereocenters. The highest BCUT2D eigenvalue weighted by Gasteiger charge is 2.54. The van der Waals surface area contributed by atoms with Crippen LogP contribution in [0.15, 0.2) is 24.3 Å². The Hall–Kier alpha value is -1.64. The zero-order valence-corrected chi connectivity index (χ0v) is 13.4. The summed E-state index contributed by atoms with van der Waals surface area (Å²) in [6.45, 7) is 2.01. The molecule has 22 heavy (non-hydrogen) atoms. The molecular formula is C19H24O3. The van der Waals surface area contributed by atoms with Gasteiger partial charge in [-0.15, -0.1) is 0 Å². The van der Waals surface area contributed by atoms with Gasteiger partial charge in [-0.05, 0) is 37.2 Å². The van der Waals surface area contributed by atoms with Gasteiger partial charge in [0.2, 0.25) is 0 Å². The normalized spacial score (nSPS) is 31.5. The van der Waals surface area contributed by atoms with Crippen molar-refractivity contribution in [2.24, 2.45) is 11.8 Å². The second-order valence-electron chi connectivity index (χ2n) is 6.90. The molecule has 0 spiro atoms. The van der Waals surface area contributed by atoms with Crippen LogP contribution in [-0.4, -0.2) is 18.9 Å². The third-order valence-electron chi connectivity index (χ3n) is 5.64. The predicted octanol–water partition coefficient (Wildman–Crippen LogP) is 3.58. The summed E-state index contributed by atoms with van der Waals surface area (Å²) in [5.74, 6) is 0.591. The van der Waals surface area contributed by atoms with E-state index in [1.165, 1.54) is 20.0 Å². The van der Waals surface area contributed by atoms with Crippen LogP contribution in [-0.2, 0) is 19.7 Å². The Morgan fingerprint density at radius 2 is 1.77 bits per heavy atom. The maximum atomic E-state index is 13.0. The minimum absolute atomic E-state index is 0.0475. The van der Waals surface area contributed by atoms with Gasteiger partial charge in [-0.25, -0.2) is 0 Å². The van der Waals surface area contributed by atoms with Crippen molar-refractivity contribution in [1.29, 1.82) is 0 Å². The molecule has 0 aliphatic heterocycles. The molecule has 1 aromatic rings. The quantitative estimate of drug-likeness (QED) is 0.619. The lowest BCUT2D eigenvalue weighted by Crippen LogP contribution is -2.51. The first-order chi connectivity index (χ1) is 10.6. The van der Waals surface area contributed by atoms with E-state index >= 15 is 0 Å². The number of ketones is 1. The van der Waals surface area contributed by atoms with Crippen molar-refractivity contribution in [2.75, 3.05) is 7.11 Å². The summed E-state index contributed by atoms with van der Waals surface area (Å²) in [7, 11) is 1.39. The Morgan fingerprint density at radius 1 is 1.14 bits per heavy atom. The van der Waals surface area contributed by atoms with E-state index in [0.29, 0.717) is 24.7 Å². The molecule has 2 aliphatic rings. The van der Waals surface area contributed by atoms with Gasteiger partial charge in [-0.3, -0.25) is 9.59 Å². The van der Waals surface area contributed by atoms with Crippen molar-refractivity contribution < 1.29 is 14.3 Å². The molecule has 3 heteroatoms. The van der Waals surface area contributed by atoms with E-state index < -0.39 is 5.41 Å². The minimum atomic E-state index is -1.08. The van der Waals surface area contributed by atoms with Gasteiger partial charge in [0.05, 0.1) is 7.11 Å². The number of esters is 1. The SMILES string of the molecule is COC(=O)[C@@]1(c2ccc(C)cc2)C[C@H]2CCCC[C@@H]2CC1=O. The predicted molar refractivity (Wildman–Crippen MR) is 84.6 cm³/mol. The molecule has 2 aliphatic carbocycles. The number of hydrogen-bond donors (Lipinski definition) is 0. The van der Waals surface area contributed by atoms with Crippen LogP contribution in [0.25, 0.3) is 0 Å². The lowest BCUT2D eigenvalue weighted by molar-refractivity contribution is -0.156. The zero-order chi connectivity index (χ0) is 15.7. The molecule has 3 rings (SSSR count). The average molecular weight is 300 g/mol. The van der Waals surface area contributed by atoms with E-state index in [1.54, 1.807) is 0 Å². The van der Waals surface area contributed by atoms with Crippen molar-refractivity contribution in [1.82, 2.24) is 0 Å².